The first kappa shape index (κ1) is 11.9. The molecule has 19 heavy (non-hydrogen) atoms. The van der Waals surface area contributed by atoms with Crippen molar-refractivity contribution < 1.29 is 11.0 Å². The van der Waals surface area contributed by atoms with Gasteiger partial charge in [0.05, 0.1) is 7.98 Å². The maximum atomic E-state index is 11.7. The molecule has 0 unspecified atom stereocenters. The molecule has 0 spiro atoms. The highest BCUT2D eigenvalue weighted by Gasteiger charge is 2.03. The van der Waals surface area contributed by atoms with Crippen LogP contribution in [0.3, 0.4) is 0 Å². The van der Waals surface area contributed by atoms with Crippen LogP contribution in [0.5, 0.6) is 0 Å². The van der Waals surface area contributed by atoms with E-state index in [-0.39, 0.29) is 5.91 Å². The van der Waals surface area contributed by atoms with E-state index in [2.05, 4.69) is 5.48 Å². The molecule has 98 valence electrons. The molecule has 0 aliphatic rings. The van der Waals surface area contributed by atoms with Crippen LogP contribution in [0.25, 0.3) is 0 Å². The molecule has 1 N–H and O–H groups in total. The molecular weight excluding hydrogens is 238 g/mol. The van der Waals surface area contributed by atoms with Crippen molar-refractivity contribution in [2.75, 3.05) is 6.61 Å². The van der Waals surface area contributed by atoms with Crippen molar-refractivity contribution in [1.82, 2.24) is 5.48 Å². The fraction of sp³-hybridized carbons (Fsp3) is 0.188. The van der Waals surface area contributed by atoms with Crippen LogP contribution < -0.4 is 5.48 Å². The first-order chi connectivity index (χ1) is 9.75. The molecule has 2 aromatic rings. The van der Waals surface area contributed by atoms with Gasteiger partial charge in [-0.05, 0) is 30.5 Å². The lowest BCUT2D eigenvalue weighted by molar-refractivity contribution is 0.0304. The second-order valence-corrected chi connectivity index (χ2v) is 4.16. The Morgan fingerprint density at radius 1 is 1.11 bits per heavy atom. The van der Waals surface area contributed by atoms with E-state index in [9.17, 15) is 4.79 Å². The van der Waals surface area contributed by atoms with Crippen molar-refractivity contribution in [3.8, 4) is 0 Å². The zero-order valence-electron chi connectivity index (χ0n) is 11.6. The lowest BCUT2D eigenvalue weighted by atomic mass is 10.1. The Kier molecular flexibility index (Phi) is 4.61. The van der Waals surface area contributed by atoms with Gasteiger partial charge >= 0.3 is 0 Å². The maximum Gasteiger partial charge on any atom is 0.274 e. The minimum Gasteiger partial charge on any atom is -0.273 e. The second kappa shape index (κ2) is 7.34. The smallest absolute Gasteiger partial charge is 0.273 e. The van der Waals surface area contributed by atoms with Gasteiger partial charge in [-0.15, -0.1) is 0 Å². The number of carbonyl (C=O) groups is 1. The summed E-state index contributed by atoms with van der Waals surface area (Å²) in [5.41, 5.74) is 4.17. The molecule has 0 atom stereocenters. The van der Waals surface area contributed by atoms with Crippen molar-refractivity contribution in [2.45, 2.75) is 12.8 Å². The van der Waals surface area contributed by atoms with Gasteiger partial charge in [0.2, 0.25) is 0 Å². The number of rotatable bonds is 6. The monoisotopic (exact) mass is 256 g/mol. The minimum atomic E-state index is -0.232. The Balaban J connectivity index is 1.64. The van der Waals surface area contributed by atoms with E-state index >= 15 is 0 Å². The normalized spacial score (nSPS) is 10.8. The zero-order chi connectivity index (χ0) is 14.2. The van der Waals surface area contributed by atoms with Crippen molar-refractivity contribution in [3.05, 3.63) is 71.8 Å². The van der Waals surface area contributed by atoms with E-state index in [0.717, 1.165) is 12.8 Å². The molecule has 0 aliphatic heterocycles. The van der Waals surface area contributed by atoms with Gasteiger partial charge in [0.1, 0.15) is 0 Å². The van der Waals surface area contributed by atoms with Crippen LogP contribution in [0.4, 0.5) is 0 Å². The molecule has 0 fully saturated rings. The molecule has 0 radical (unpaired) electrons. The Morgan fingerprint density at radius 2 is 1.84 bits per heavy atom. The van der Waals surface area contributed by atoms with Crippen LogP contribution in [-0.2, 0) is 11.3 Å². The standard InChI is InChI=1S/C16H17NO2/c18-16(15-11-5-2-6-12-15)17-19-13-7-10-14-8-3-1-4-9-14/h1-6,8-9,11-12H,7,10,13H2,(H,17,18)/i1D. The summed E-state index contributed by atoms with van der Waals surface area (Å²) in [7, 11) is 0. The summed E-state index contributed by atoms with van der Waals surface area (Å²) < 4.78 is 7.39. The fourth-order valence-electron chi connectivity index (χ4n) is 1.70. The van der Waals surface area contributed by atoms with Crippen molar-refractivity contribution in [3.63, 3.8) is 0 Å². The Hall–Kier alpha value is -2.13. The summed E-state index contributed by atoms with van der Waals surface area (Å²) in [5.74, 6) is -0.232. The second-order valence-electron chi connectivity index (χ2n) is 4.16. The van der Waals surface area contributed by atoms with E-state index < -0.39 is 0 Å². The van der Waals surface area contributed by atoms with Crippen LogP contribution in [0.2, 0.25) is 0 Å². The first-order valence-corrected chi connectivity index (χ1v) is 6.28. The predicted molar refractivity (Wildman–Crippen MR) is 74.6 cm³/mol. The van der Waals surface area contributed by atoms with Crippen LogP contribution >= 0.6 is 0 Å². The summed E-state index contributed by atoms with van der Waals surface area (Å²) >= 11 is 0. The highest BCUT2D eigenvalue weighted by atomic mass is 16.6. The maximum absolute atomic E-state index is 11.7. The van der Waals surface area contributed by atoms with Gasteiger partial charge in [-0.2, -0.15) is 0 Å². The third-order valence-corrected chi connectivity index (χ3v) is 2.70. The van der Waals surface area contributed by atoms with Gasteiger partial charge in [0, 0.05) is 5.56 Å². The molecule has 0 saturated carbocycles. The van der Waals surface area contributed by atoms with Gasteiger partial charge < -0.3 is 0 Å². The Labute approximate surface area is 114 Å². The van der Waals surface area contributed by atoms with E-state index in [1.165, 1.54) is 5.56 Å². The molecule has 0 saturated heterocycles. The molecule has 3 heteroatoms. The third-order valence-electron chi connectivity index (χ3n) is 2.70. The predicted octanol–water partition coefficient (Wildman–Crippen LogP) is 2.98. The van der Waals surface area contributed by atoms with Crippen LogP contribution in [0.15, 0.2) is 60.6 Å². The van der Waals surface area contributed by atoms with E-state index in [4.69, 9.17) is 6.21 Å². The van der Waals surface area contributed by atoms with E-state index in [1.807, 2.05) is 30.3 Å². The summed E-state index contributed by atoms with van der Waals surface area (Å²) in [4.78, 5) is 16.8. The fourth-order valence-corrected chi connectivity index (χ4v) is 1.70. The van der Waals surface area contributed by atoms with Gasteiger partial charge in [0.15, 0.2) is 0 Å². The summed E-state index contributed by atoms with van der Waals surface area (Å²) in [6.07, 6.45) is 1.67. The van der Waals surface area contributed by atoms with Gasteiger partial charge in [0.25, 0.3) is 5.91 Å². The summed E-state index contributed by atoms with van der Waals surface area (Å²) in [6.45, 7) is 0.460. The molecule has 0 heterocycles. The van der Waals surface area contributed by atoms with Crippen molar-refractivity contribution in [2.24, 2.45) is 0 Å². The van der Waals surface area contributed by atoms with E-state index in [0.29, 0.717) is 18.2 Å². The number of nitrogens with one attached hydrogen (secondary N) is 1. The molecular formula is C16H17NO2. The topological polar surface area (TPSA) is 38.3 Å². The van der Waals surface area contributed by atoms with Crippen molar-refractivity contribution in [1.29, 1.82) is 0 Å². The number of carbonyl (C=O) groups excluding carboxylic acids is 1. The molecule has 2 aromatic carbocycles. The molecule has 2 rings (SSSR count). The molecule has 0 bridgehead atoms. The number of hydrogen-bond acceptors (Lipinski definition) is 2. The number of benzene rings is 2. The molecule has 3 nitrogen and oxygen atoms in total. The quantitative estimate of drug-likeness (QED) is 0.637. The first-order valence-electron chi connectivity index (χ1n) is 6.78. The third kappa shape index (κ3) is 4.56. The Bertz CT molecular complexity index is 540. The van der Waals surface area contributed by atoms with Crippen molar-refractivity contribution >= 4 is 5.91 Å². The highest BCUT2D eigenvalue weighted by molar-refractivity contribution is 5.93. The van der Waals surface area contributed by atoms with Gasteiger partial charge in [-0.3, -0.25) is 9.63 Å². The minimum absolute atomic E-state index is 0.232. The number of aryl methyl sites for hydroxylation is 1. The van der Waals surface area contributed by atoms with Crippen LogP contribution in [0.1, 0.15) is 23.7 Å². The zero-order valence-corrected chi connectivity index (χ0v) is 10.6. The molecule has 0 aliphatic carbocycles. The molecule has 0 aromatic heterocycles. The van der Waals surface area contributed by atoms with E-state index in [1.54, 1.807) is 24.3 Å². The van der Waals surface area contributed by atoms with Crippen LogP contribution in [-0.4, -0.2) is 12.5 Å². The largest absolute Gasteiger partial charge is 0.274 e. The number of hydrogen-bond donors (Lipinski definition) is 1. The molecule has 1 amide bonds. The summed E-state index contributed by atoms with van der Waals surface area (Å²) in [6, 6.07) is 16.9. The number of amides is 1. The lowest BCUT2D eigenvalue weighted by Crippen LogP contribution is -2.24. The average molecular weight is 256 g/mol. The number of hydroxylamine groups is 1. The lowest BCUT2D eigenvalue weighted by Gasteiger charge is -2.06. The summed E-state index contributed by atoms with van der Waals surface area (Å²) in [5, 5.41) is 0. The van der Waals surface area contributed by atoms with Crippen LogP contribution in [0, 0.1) is 0 Å². The van der Waals surface area contributed by atoms with Gasteiger partial charge in [-0.25, -0.2) is 5.48 Å². The van der Waals surface area contributed by atoms with Gasteiger partial charge in [-0.1, -0.05) is 48.5 Å². The SMILES string of the molecule is [2H]c1ccc(CCCONC(=O)c2ccccc2)cc1. The highest BCUT2D eigenvalue weighted by Crippen LogP contribution is 2.02. The average Bonchev–Trinajstić information content (AvgIpc) is 2.49. The Morgan fingerprint density at radius 3 is 2.58 bits per heavy atom.